The van der Waals surface area contributed by atoms with Gasteiger partial charge in [0.1, 0.15) is 5.65 Å². The molecular weight excluding hydrogens is 342 g/mol. The molecular formula is C21H23N3OS. The normalized spacial score (nSPS) is 16.2. The van der Waals surface area contributed by atoms with Crippen molar-refractivity contribution in [3.05, 3.63) is 64.1 Å². The van der Waals surface area contributed by atoms with Gasteiger partial charge in [0.2, 0.25) is 0 Å². The van der Waals surface area contributed by atoms with Gasteiger partial charge in [0.15, 0.2) is 5.16 Å². The predicted octanol–water partition coefficient (Wildman–Crippen LogP) is 4.78. The van der Waals surface area contributed by atoms with Crippen molar-refractivity contribution in [2.75, 3.05) is 6.26 Å². The van der Waals surface area contributed by atoms with E-state index in [0.717, 1.165) is 35.0 Å². The van der Waals surface area contributed by atoms with Crippen molar-refractivity contribution in [2.45, 2.75) is 49.7 Å². The number of hydrogen-bond acceptors (Lipinski definition) is 4. The summed E-state index contributed by atoms with van der Waals surface area (Å²) in [6.45, 7) is 2.11. The molecule has 2 heterocycles. The Labute approximate surface area is 157 Å². The molecule has 5 heteroatoms. The fourth-order valence-electron chi connectivity index (χ4n) is 3.96. The number of fused-ring (bicyclic) bond motifs is 1. The first kappa shape index (κ1) is 17.3. The van der Waals surface area contributed by atoms with Gasteiger partial charge in [0.05, 0.1) is 0 Å². The third-order valence-electron chi connectivity index (χ3n) is 5.42. The molecule has 1 unspecified atom stereocenters. The standard InChI is InChI=1S/C21H23N3OS/c1-14(15-8-4-3-5-9-15)18-12-16-13-22-21(26-2)23-19(16)24(20(18)25)17-10-6-7-11-17/h3-5,8-9,12-14,17H,6-7,10-11H2,1-2H3. The molecule has 0 amide bonds. The third-order valence-corrected chi connectivity index (χ3v) is 5.98. The third kappa shape index (κ3) is 3.05. The van der Waals surface area contributed by atoms with Crippen molar-refractivity contribution in [2.24, 2.45) is 0 Å². The number of hydrogen-bond donors (Lipinski definition) is 0. The second kappa shape index (κ2) is 7.23. The molecule has 1 aliphatic rings. The van der Waals surface area contributed by atoms with E-state index in [1.54, 1.807) is 0 Å². The van der Waals surface area contributed by atoms with Gasteiger partial charge in [0.25, 0.3) is 5.56 Å². The molecule has 0 aliphatic heterocycles. The summed E-state index contributed by atoms with van der Waals surface area (Å²) in [6.07, 6.45) is 8.29. The van der Waals surface area contributed by atoms with Gasteiger partial charge in [0, 0.05) is 29.1 Å². The smallest absolute Gasteiger partial charge is 0.256 e. The summed E-state index contributed by atoms with van der Waals surface area (Å²) in [5.74, 6) is 0.0426. The maximum atomic E-state index is 13.5. The lowest BCUT2D eigenvalue weighted by Crippen LogP contribution is -2.28. The number of pyridine rings is 1. The van der Waals surface area contributed by atoms with Crippen molar-refractivity contribution in [1.29, 1.82) is 0 Å². The first-order valence-electron chi connectivity index (χ1n) is 9.20. The second-order valence-electron chi connectivity index (χ2n) is 6.98. The first-order valence-corrected chi connectivity index (χ1v) is 10.4. The minimum absolute atomic E-state index is 0.0426. The molecule has 0 N–H and O–H groups in total. The van der Waals surface area contributed by atoms with E-state index in [0.29, 0.717) is 5.16 Å². The zero-order chi connectivity index (χ0) is 18.1. The summed E-state index contributed by atoms with van der Waals surface area (Å²) in [7, 11) is 0. The zero-order valence-corrected chi connectivity index (χ0v) is 16.0. The van der Waals surface area contributed by atoms with Crippen LogP contribution in [-0.4, -0.2) is 20.8 Å². The summed E-state index contributed by atoms with van der Waals surface area (Å²) < 4.78 is 1.96. The fourth-order valence-corrected chi connectivity index (χ4v) is 4.29. The van der Waals surface area contributed by atoms with E-state index in [9.17, 15) is 4.79 Å². The number of rotatable bonds is 4. The van der Waals surface area contributed by atoms with Crippen LogP contribution in [0, 0.1) is 0 Å². The van der Waals surface area contributed by atoms with Gasteiger partial charge < -0.3 is 0 Å². The lowest BCUT2D eigenvalue weighted by molar-refractivity contribution is 0.510. The van der Waals surface area contributed by atoms with Crippen LogP contribution in [-0.2, 0) is 0 Å². The van der Waals surface area contributed by atoms with Gasteiger partial charge in [-0.15, -0.1) is 0 Å². The van der Waals surface area contributed by atoms with E-state index in [1.807, 2.05) is 41.3 Å². The van der Waals surface area contributed by atoms with Crippen LogP contribution in [0.4, 0.5) is 0 Å². The molecule has 2 aromatic heterocycles. The topological polar surface area (TPSA) is 47.8 Å². The molecule has 4 rings (SSSR count). The summed E-state index contributed by atoms with van der Waals surface area (Å²) in [4.78, 5) is 22.6. The molecule has 1 fully saturated rings. The van der Waals surface area contributed by atoms with Crippen LogP contribution in [0.25, 0.3) is 11.0 Å². The Bertz CT molecular complexity index is 978. The van der Waals surface area contributed by atoms with E-state index in [-0.39, 0.29) is 17.5 Å². The van der Waals surface area contributed by atoms with Crippen LogP contribution >= 0.6 is 11.8 Å². The average Bonchev–Trinajstić information content (AvgIpc) is 3.21. The van der Waals surface area contributed by atoms with Crippen molar-refractivity contribution in [3.8, 4) is 0 Å². The quantitative estimate of drug-likeness (QED) is 0.493. The summed E-state index contributed by atoms with van der Waals surface area (Å²) in [5.41, 5.74) is 2.87. The second-order valence-corrected chi connectivity index (χ2v) is 7.75. The fraction of sp³-hybridized carbons (Fsp3) is 0.381. The van der Waals surface area contributed by atoms with E-state index in [1.165, 1.54) is 24.6 Å². The molecule has 26 heavy (non-hydrogen) atoms. The zero-order valence-electron chi connectivity index (χ0n) is 15.2. The molecule has 0 saturated heterocycles. The van der Waals surface area contributed by atoms with Crippen molar-refractivity contribution >= 4 is 22.8 Å². The van der Waals surface area contributed by atoms with E-state index in [4.69, 9.17) is 0 Å². The highest BCUT2D eigenvalue weighted by molar-refractivity contribution is 7.98. The molecule has 0 bridgehead atoms. The molecule has 0 radical (unpaired) electrons. The van der Waals surface area contributed by atoms with Crippen molar-refractivity contribution < 1.29 is 0 Å². The lowest BCUT2D eigenvalue weighted by atomic mass is 9.93. The van der Waals surface area contributed by atoms with Gasteiger partial charge in [-0.1, -0.05) is 61.9 Å². The van der Waals surface area contributed by atoms with Crippen LogP contribution in [0.15, 0.2) is 52.5 Å². The Kier molecular flexibility index (Phi) is 4.81. The van der Waals surface area contributed by atoms with Gasteiger partial charge in [-0.25, -0.2) is 9.97 Å². The summed E-state index contributed by atoms with van der Waals surface area (Å²) in [5, 5.41) is 1.67. The minimum atomic E-state index is 0.0426. The summed E-state index contributed by atoms with van der Waals surface area (Å²) >= 11 is 1.51. The maximum absolute atomic E-state index is 13.5. The number of benzene rings is 1. The Morgan fingerprint density at radius 3 is 2.62 bits per heavy atom. The first-order chi connectivity index (χ1) is 12.7. The largest absolute Gasteiger partial charge is 0.289 e. The maximum Gasteiger partial charge on any atom is 0.256 e. The van der Waals surface area contributed by atoms with Crippen LogP contribution in [0.2, 0.25) is 0 Å². The Hall–Kier alpha value is -2.14. The Balaban J connectivity index is 1.94. The van der Waals surface area contributed by atoms with Crippen molar-refractivity contribution in [3.63, 3.8) is 0 Å². The summed E-state index contributed by atoms with van der Waals surface area (Å²) in [6, 6.07) is 12.5. The van der Waals surface area contributed by atoms with Crippen molar-refractivity contribution in [1.82, 2.24) is 14.5 Å². The van der Waals surface area contributed by atoms with E-state index >= 15 is 0 Å². The molecule has 3 aromatic rings. The molecule has 0 spiro atoms. The highest BCUT2D eigenvalue weighted by atomic mass is 32.2. The van der Waals surface area contributed by atoms with Gasteiger partial charge in [-0.05, 0) is 30.7 Å². The van der Waals surface area contributed by atoms with Crippen LogP contribution in [0.1, 0.15) is 55.7 Å². The molecule has 134 valence electrons. The molecule has 1 atom stereocenters. The SMILES string of the molecule is CSc1ncc2cc(C(C)c3ccccc3)c(=O)n(C3CCCC3)c2n1. The van der Waals surface area contributed by atoms with Crippen LogP contribution in [0.5, 0.6) is 0 Å². The number of aromatic nitrogens is 3. The van der Waals surface area contributed by atoms with Crippen LogP contribution in [0.3, 0.4) is 0 Å². The van der Waals surface area contributed by atoms with E-state index < -0.39 is 0 Å². The lowest BCUT2D eigenvalue weighted by Gasteiger charge is -2.20. The van der Waals surface area contributed by atoms with Crippen LogP contribution < -0.4 is 5.56 Å². The Morgan fingerprint density at radius 2 is 1.92 bits per heavy atom. The molecule has 1 aliphatic carbocycles. The highest BCUT2D eigenvalue weighted by Gasteiger charge is 2.24. The number of thioether (sulfide) groups is 1. The predicted molar refractivity (Wildman–Crippen MR) is 107 cm³/mol. The minimum Gasteiger partial charge on any atom is -0.289 e. The van der Waals surface area contributed by atoms with E-state index in [2.05, 4.69) is 29.0 Å². The highest BCUT2D eigenvalue weighted by Crippen LogP contribution is 2.32. The number of nitrogens with zero attached hydrogens (tertiary/aromatic N) is 3. The molecule has 1 aromatic carbocycles. The Morgan fingerprint density at radius 1 is 1.19 bits per heavy atom. The monoisotopic (exact) mass is 365 g/mol. The molecule has 1 saturated carbocycles. The van der Waals surface area contributed by atoms with Gasteiger partial charge in [-0.2, -0.15) is 0 Å². The van der Waals surface area contributed by atoms with Gasteiger partial charge in [-0.3, -0.25) is 9.36 Å². The van der Waals surface area contributed by atoms with Gasteiger partial charge >= 0.3 is 0 Å². The molecule has 4 nitrogen and oxygen atoms in total. The average molecular weight is 366 g/mol.